The standard InChI is InChI=1S/C21H26ClN3O2/c1-6-8-14(7-2)17-11-13(3)25-19(17)21(26)24(4)20(23-25)16-10-9-15(27-5)12-18(16)22/h9-12,14H,6-8H2,1-5H3. The quantitative estimate of drug-likeness (QED) is 0.600. The van der Waals surface area contributed by atoms with Crippen LogP contribution in [-0.2, 0) is 7.05 Å². The zero-order valence-corrected chi connectivity index (χ0v) is 17.3. The Morgan fingerprint density at radius 2 is 2.00 bits per heavy atom. The maximum absolute atomic E-state index is 13.2. The largest absolute Gasteiger partial charge is 0.497 e. The molecule has 3 aromatic rings. The minimum Gasteiger partial charge on any atom is -0.497 e. The number of aromatic nitrogens is 3. The van der Waals surface area contributed by atoms with E-state index in [0.717, 1.165) is 30.5 Å². The number of benzene rings is 1. The number of hydrogen-bond acceptors (Lipinski definition) is 3. The fraction of sp³-hybridized carbons (Fsp3) is 0.429. The molecular formula is C21H26ClN3O2. The minimum absolute atomic E-state index is 0.0514. The molecule has 0 spiro atoms. The van der Waals surface area contributed by atoms with Gasteiger partial charge in [-0.15, -0.1) is 5.10 Å². The molecule has 0 amide bonds. The van der Waals surface area contributed by atoms with Gasteiger partial charge in [-0.25, -0.2) is 4.52 Å². The van der Waals surface area contributed by atoms with E-state index in [-0.39, 0.29) is 5.56 Å². The molecule has 144 valence electrons. The van der Waals surface area contributed by atoms with Gasteiger partial charge < -0.3 is 4.74 Å². The fourth-order valence-corrected chi connectivity index (χ4v) is 3.95. The topological polar surface area (TPSA) is 48.5 Å². The molecule has 0 aliphatic carbocycles. The summed E-state index contributed by atoms with van der Waals surface area (Å²) in [7, 11) is 3.34. The van der Waals surface area contributed by atoms with Crippen LogP contribution in [0.1, 0.15) is 50.3 Å². The van der Waals surface area contributed by atoms with Gasteiger partial charge >= 0.3 is 0 Å². The van der Waals surface area contributed by atoms with Gasteiger partial charge in [0.1, 0.15) is 11.3 Å². The Hall–Kier alpha value is -2.27. The third-order valence-electron chi connectivity index (χ3n) is 5.19. The first-order chi connectivity index (χ1) is 12.9. The van der Waals surface area contributed by atoms with E-state index >= 15 is 0 Å². The zero-order valence-electron chi connectivity index (χ0n) is 16.5. The molecule has 0 aliphatic rings. The second kappa shape index (κ2) is 7.77. The summed E-state index contributed by atoms with van der Waals surface area (Å²) < 4.78 is 8.57. The van der Waals surface area contributed by atoms with Crippen molar-refractivity contribution in [3.63, 3.8) is 0 Å². The molecule has 0 fully saturated rings. The maximum Gasteiger partial charge on any atom is 0.278 e. The highest BCUT2D eigenvalue weighted by molar-refractivity contribution is 6.33. The normalized spacial score (nSPS) is 12.5. The van der Waals surface area contributed by atoms with Crippen molar-refractivity contribution < 1.29 is 4.74 Å². The molecular weight excluding hydrogens is 362 g/mol. The summed E-state index contributed by atoms with van der Waals surface area (Å²) in [5.41, 5.74) is 3.37. The van der Waals surface area contributed by atoms with Crippen molar-refractivity contribution in [2.75, 3.05) is 7.11 Å². The molecule has 0 radical (unpaired) electrons. The number of rotatable bonds is 6. The Labute approximate surface area is 164 Å². The lowest BCUT2D eigenvalue weighted by Crippen LogP contribution is -2.24. The molecule has 0 N–H and O–H groups in total. The Bertz CT molecular complexity index is 1040. The van der Waals surface area contributed by atoms with E-state index in [9.17, 15) is 4.79 Å². The number of hydrogen-bond donors (Lipinski definition) is 0. The molecule has 2 heterocycles. The van der Waals surface area contributed by atoms with E-state index in [1.165, 1.54) is 0 Å². The number of halogens is 1. The highest BCUT2D eigenvalue weighted by Gasteiger charge is 2.21. The summed E-state index contributed by atoms with van der Waals surface area (Å²) >= 11 is 6.43. The van der Waals surface area contributed by atoms with Gasteiger partial charge in [-0.1, -0.05) is 31.9 Å². The third kappa shape index (κ3) is 3.36. The van der Waals surface area contributed by atoms with Crippen LogP contribution in [0.15, 0.2) is 29.1 Å². The molecule has 1 aromatic carbocycles. The molecule has 0 saturated heterocycles. The maximum atomic E-state index is 13.2. The van der Waals surface area contributed by atoms with Crippen molar-refractivity contribution in [2.45, 2.75) is 46.0 Å². The Morgan fingerprint density at radius 1 is 1.26 bits per heavy atom. The highest BCUT2D eigenvalue weighted by atomic mass is 35.5. The van der Waals surface area contributed by atoms with E-state index in [1.807, 2.05) is 19.1 Å². The summed E-state index contributed by atoms with van der Waals surface area (Å²) in [6.45, 7) is 6.33. The first-order valence-electron chi connectivity index (χ1n) is 9.36. The Morgan fingerprint density at radius 3 is 2.59 bits per heavy atom. The predicted molar refractivity (Wildman–Crippen MR) is 110 cm³/mol. The van der Waals surface area contributed by atoms with Crippen LogP contribution in [0.25, 0.3) is 16.9 Å². The van der Waals surface area contributed by atoms with Gasteiger partial charge in [0.05, 0.1) is 12.1 Å². The SMILES string of the molecule is CCCC(CC)c1cc(C)n2nc(-c3ccc(OC)cc3Cl)n(C)c(=O)c12. The molecule has 5 nitrogen and oxygen atoms in total. The fourth-order valence-electron chi connectivity index (χ4n) is 3.69. The van der Waals surface area contributed by atoms with E-state index in [0.29, 0.717) is 33.6 Å². The smallest absolute Gasteiger partial charge is 0.278 e. The molecule has 2 aromatic heterocycles. The van der Waals surface area contributed by atoms with Crippen molar-refractivity contribution in [1.82, 2.24) is 14.2 Å². The molecule has 0 aliphatic heterocycles. The van der Waals surface area contributed by atoms with Crippen LogP contribution in [0.3, 0.4) is 0 Å². The third-order valence-corrected chi connectivity index (χ3v) is 5.50. The van der Waals surface area contributed by atoms with Gasteiger partial charge in [0.15, 0.2) is 5.82 Å². The lowest BCUT2D eigenvalue weighted by Gasteiger charge is -2.15. The zero-order chi connectivity index (χ0) is 19.7. The van der Waals surface area contributed by atoms with Gasteiger partial charge in [0.2, 0.25) is 0 Å². The number of fused-ring (bicyclic) bond motifs is 1. The van der Waals surface area contributed by atoms with Crippen molar-refractivity contribution in [2.24, 2.45) is 7.05 Å². The monoisotopic (exact) mass is 387 g/mol. The first-order valence-corrected chi connectivity index (χ1v) is 9.73. The summed E-state index contributed by atoms with van der Waals surface area (Å²) in [6, 6.07) is 7.49. The van der Waals surface area contributed by atoms with Gasteiger partial charge in [-0.2, -0.15) is 0 Å². The van der Waals surface area contributed by atoms with E-state index in [4.69, 9.17) is 21.4 Å². The lowest BCUT2D eigenvalue weighted by atomic mass is 9.93. The second-order valence-corrected chi connectivity index (χ2v) is 7.34. The second-order valence-electron chi connectivity index (χ2n) is 6.93. The molecule has 1 atom stereocenters. The molecule has 0 saturated carbocycles. The molecule has 6 heteroatoms. The number of methoxy groups -OCH3 is 1. The van der Waals surface area contributed by atoms with Crippen LogP contribution >= 0.6 is 11.6 Å². The van der Waals surface area contributed by atoms with Crippen LogP contribution < -0.4 is 10.3 Å². The highest BCUT2D eigenvalue weighted by Crippen LogP contribution is 2.32. The lowest BCUT2D eigenvalue weighted by molar-refractivity contribution is 0.415. The van der Waals surface area contributed by atoms with Crippen molar-refractivity contribution in [1.29, 1.82) is 0 Å². The van der Waals surface area contributed by atoms with Gasteiger partial charge in [-0.05, 0) is 55.5 Å². The van der Waals surface area contributed by atoms with E-state index in [1.54, 1.807) is 29.3 Å². The summed E-state index contributed by atoms with van der Waals surface area (Å²) in [4.78, 5) is 13.2. The minimum atomic E-state index is -0.0514. The Balaban J connectivity index is 2.26. The van der Waals surface area contributed by atoms with E-state index < -0.39 is 0 Å². The van der Waals surface area contributed by atoms with Crippen molar-refractivity contribution in [3.8, 4) is 17.1 Å². The van der Waals surface area contributed by atoms with Crippen LogP contribution in [-0.4, -0.2) is 21.3 Å². The summed E-state index contributed by atoms with van der Waals surface area (Å²) in [6.07, 6.45) is 3.15. The van der Waals surface area contributed by atoms with Gasteiger partial charge in [0, 0.05) is 18.3 Å². The van der Waals surface area contributed by atoms with Crippen molar-refractivity contribution >= 4 is 17.1 Å². The number of nitrogens with zero attached hydrogens (tertiary/aromatic N) is 3. The Kier molecular flexibility index (Phi) is 5.61. The summed E-state index contributed by atoms with van der Waals surface area (Å²) in [5, 5.41) is 5.27. The average Bonchev–Trinajstić information content (AvgIpc) is 2.99. The van der Waals surface area contributed by atoms with Crippen LogP contribution in [0.5, 0.6) is 5.75 Å². The first kappa shape index (κ1) is 19.5. The van der Waals surface area contributed by atoms with Crippen LogP contribution in [0.2, 0.25) is 5.02 Å². The summed E-state index contributed by atoms with van der Waals surface area (Å²) in [5.74, 6) is 1.57. The van der Waals surface area contributed by atoms with E-state index in [2.05, 4.69) is 19.9 Å². The molecule has 0 bridgehead atoms. The predicted octanol–water partition coefficient (Wildman–Crippen LogP) is 4.96. The van der Waals surface area contributed by atoms with Crippen LogP contribution in [0.4, 0.5) is 0 Å². The van der Waals surface area contributed by atoms with Gasteiger partial charge in [-0.3, -0.25) is 9.36 Å². The number of aryl methyl sites for hydroxylation is 1. The van der Waals surface area contributed by atoms with Gasteiger partial charge in [0.25, 0.3) is 5.56 Å². The molecule has 1 unspecified atom stereocenters. The number of ether oxygens (including phenoxy) is 1. The average molecular weight is 388 g/mol. The van der Waals surface area contributed by atoms with Crippen LogP contribution in [0, 0.1) is 6.92 Å². The van der Waals surface area contributed by atoms with Crippen molar-refractivity contribution in [3.05, 3.63) is 50.9 Å². The molecule has 3 rings (SSSR count). The molecule has 27 heavy (non-hydrogen) atoms.